The van der Waals surface area contributed by atoms with E-state index in [0.29, 0.717) is 0 Å². The summed E-state index contributed by atoms with van der Waals surface area (Å²) >= 11 is 0. The Balaban J connectivity index is 1.60. The summed E-state index contributed by atoms with van der Waals surface area (Å²) in [7, 11) is -10.8. The van der Waals surface area contributed by atoms with Gasteiger partial charge in [-0.3, -0.25) is 23.4 Å². The Hall–Kier alpha value is -1.71. The number of phosphoric acid groups is 2. The van der Waals surface area contributed by atoms with E-state index in [4.69, 9.17) is 20.1 Å². The second-order valence-corrected chi connectivity index (χ2v) is 9.15. The highest BCUT2D eigenvalue weighted by atomic mass is 31.3. The number of nitrogens with two attached hydrogens (primary N) is 1. The topological polar surface area (TPSA) is 244 Å². The number of phosphoric ester groups is 1. The average molecular weight is 454 g/mol. The molecule has 18 heteroatoms. The molecule has 0 saturated carbocycles. The van der Waals surface area contributed by atoms with E-state index in [1.807, 2.05) is 0 Å². The van der Waals surface area contributed by atoms with Crippen molar-refractivity contribution in [3.8, 4) is 0 Å². The number of aliphatic hydroxyl groups excluding tert-OH is 1. The van der Waals surface area contributed by atoms with Crippen molar-refractivity contribution in [1.29, 1.82) is 0 Å². The van der Waals surface area contributed by atoms with Gasteiger partial charge in [0.25, 0.3) is 13.4 Å². The van der Waals surface area contributed by atoms with Crippen LogP contribution in [0.25, 0.3) is 11.2 Å². The maximum Gasteiger partial charge on any atom is 0.478 e. The lowest BCUT2D eigenvalue weighted by molar-refractivity contribution is -0.213. The number of aliphatic hydroxyl groups is 1. The van der Waals surface area contributed by atoms with Gasteiger partial charge in [-0.2, -0.15) is 4.98 Å². The molecule has 2 fully saturated rings. The smallest absolute Gasteiger partial charge is 0.478 e. The molecule has 0 aromatic carbocycles. The quantitative estimate of drug-likeness (QED) is 0.279. The molecular weight excluding hydrogens is 440 g/mol. The molecule has 0 amide bonds. The zero-order valence-electron chi connectivity index (χ0n) is 14.1. The number of anilines is 1. The van der Waals surface area contributed by atoms with Crippen LogP contribution >= 0.6 is 15.6 Å². The Morgan fingerprint density at radius 2 is 2.21 bits per heavy atom. The van der Waals surface area contributed by atoms with Crippen molar-refractivity contribution in [2.75, 3.05) is 18.9 Å². The van der Waals surface area contributed by atoms with Gasteiger partial charge in [0, 0.05) is 0 Å². The van der Waals surface area contributed by atoms with Crippen LogP contribution in [0.2, 0.25) is 0 Å². The number of aromatic nitrogens is 4. The Labute approximate surface area is 160 Å². The molecule has 6 atom stereocenters. The van der Waals surface area contributed by atoms with Crippen LogP contribution in [0.4, 0.5) is 5.95 Å². The number of nitrogens with zero attached hydrogens (tertiary/aromatic N) is 3. The van der Waals surface area contributed by atoms with Gasteiger partial charge in [0.05, 0.1) is 19.5 Å². The summed E-state index contributed by atoms with van der Waals surface area (Å²) < 4.78 is 42.9. The van der Waals surface area contributed by atoms with Crippen molar-refractivity contribution in [2.24, 2.45) is 0 Å². The van der Waals surface area contributed by atoms with Gasteiger partial charge in [-0.25, -0.2) is 13.9 Å². The minimum Gasteiger partial charge on any atom is -0.756 e. The number of rotatable bonds is 6. The Morgan fingerprint density at radius 1 is 1.48 bits per heavy atom. The van der Waals surface area contributed by atoms with Crippen molar-refractivity contribution >= 4 is 32.8 Å². The Bertz CT molecular complexity index is 1110. The lowest BCUT2D eigenvalue weighted by Gasteiger charge is -2.31. The normalized spacial score (nSPS) is 33.0. The molecule has 6 N–H and O–H groups in total. The number of ether oxygens (including phenoxy) is 2. The number of hydrogen-bond donors (Lipinski definition) is 5. The molecule has 29 heavy (non-hydrogen) atoms. The van der Waals surface area contributed by atoms with Crippen LogP contribution in [-0.4, -0.2) is 65.4 Å². The summed E-state index contributed by atoms with van der Waals surface area (Å²) in [5.41, 5.74) is 3.25. The van der Waals surface area contributed by atoms with E-state index in [1.54, 1.807) is 0 Å². The number of aromatic amines is 1. The number of hydrogen-bond acceptors (Lipinski definition) is 12. The van der Waals surface area contributed by atoms with Crippen molar-refractivity contribution in [3.63, 3.8) is 0 Å². The van der Waals surface area contributed by atoms with Gasteiger partial charge in [0.1, 0.15) is 17.8 Å². The zero-order chi connectivity index (χ0) is 21.2. The zero-order valence-corrected chi connectivity index (χ0v) is 15.9. The average Bonchev–Trinajstić information content (AvgIpc) is 3.21. The Kier molecular flexibility index (Phi) is 4.71. The summed E-state index contributed by atoms with van der Waals surface area (Å²) in [6, 6.07) is 0. The maximum absolute atomic E-state index is 11.9. The molecule has 0 radical (unpaired) electrons. The highest BCUT2D eigenvalue weighted by Gasteiger charge is 2.62. The summed E-state index contributed by atoms with van der Waals surface area (Å²) in [6.45, 7) is -1.09. The van der Waals surface area contributed by atoms with E-state index < -0.39 is 51.8 Å². The monoisotopic (exact) mass is 454 g/mol. The highest BCUT2D eigenvalue weighted by molar-refractivity contribution is 7.60. The Morgan fingerprint density at radius 3 is 2.90 bits per heavy atom. The third-order valence-electron chi connectivity index (χ3n) is 4.41. The van der Waals surface area contributed by atoms with E-state index in [9.17, 15) is 28.8 Å². The molecule has 4 rings (SSSR count). The van der Waals surface area contributed by atoms with Gasteiger partial charge >= 0.3 is 7.82 Å². The van der Waals surface area contributed by atoms with E-state index in [-0.39, 0.29) is 23.7 Å². The highest BCUT2D eigenvalue weighted by Crippen LogP contribution is 2.57. The van der Waals surface area contributed by atoms with Crippen LogP contribution in [0.5, 0.6) is 0 Å². The van der Waals surface area contributed by atoms with Gasteiger partial charge < -0.3 is 35.0 Å². The molecule has 0 spiro atoms. The van der Waals surface area contributed by atoms with E-state index >= 15 is 0 Å². The van der Waals surface area contributed by atoms with Crippen molar-refractivity contribution in [2.45, 2.75) is 24.0 Å². The van der Waals surface area contributed by atoms with E-state index in [2.05, 4.69) is 23.8 Å². The molecule has 16 nitrogen and oxygen atoms in total. The van der Waals surface area contributed by atoms with Crippen LogP contribution in [0, 0.1) is 0 Å². The van der Waals surface area contributed by atoms with Gasteiger partial charge in [0.2, 0.25) is 5.95 Å². The lowest BCUT2D eigenvalue weighted by atomic mass is 10.0. The predicted octanol–water partition coefficient (Wildman–Crippen LogP) is -2.68. The number of fused-ring (bicyclic) bond motifs is 3. The second kappa shape index (κ2) is 6.65. The van der Waals surface area contributed by atoms with Crippen LogP contribution in [0.3, 0.4) is 0 Å². The maximum atomic E-state index is 11.9. The number of nitrogens with one attached hydrogen (secondary N) is 1. The molecule has 2 saturated heterocycles. The van der Waals surface area contributed by atoms with Crippen LogP contribution in [-0.2, 0) is 27.4 Å². The van der Waals surface area contributed by atoms with Crippen LogP contribution < -0.4 is 16.2 Å². The van der Waals surface area contributed by atoms with Gasteiger partial charge in [-0.15, -0.1) is 0 Å². The summed E-state index contributed by atoms with van der Waals surface area (Å²) in [5.74, 6) is -0.184. The fraction of sp³-hybridized carbons (Fsp3) is 0.545. The summed E-state index contributed by atoms with van der Waals surface area (Å²) in [5, 5.41) is 10.5. The first-order valence-corrected chi connectivity index (χ1v) is 10.8. The third-order valence-corrected chi connectivity index (χ3v) is 6.52. The van der Waals surface area contributed by atoms with Crippen molar-refractivity contribution < 1.29 is 47.2 Å². The van der Waals surface area contributed by atoms with E-state index in [0.717, 1.165) is 0 Å². The third kappa shape index (κ3) is 3.64. The van der Waals surface area contributed by atoms with Crippen LogP contribution in [0.1, 0.15) is 6.23 Å². The second-order valence-electron chi connectivity index (χ2n) is 6.36. The van der Waals surface area contributed by atoms with Crippen molar-refractivity contribution in [1.82, 2.24) is 19.5 Å². The van der Waals surface area contributed by atoms with Gasteiger partial charge in [-0.05, 0) is 0 Å². The predicted molar refractivity (Wildman–Crippen MR) is 87.8 cm³/mol. The molecule has 2 aliphatic rings. The molecule has 2 aromatic rings. The standard InChI is InChI=1S/C11H15N5O11P2/c12-10-14-7-4(8(18)15-10)13-3-16(7)9-5-6(17)11(26-9,1-24-5)2-25-29(22,23)27-28(19,20)21/h3,5-6,9,17H,1-2H2,(H,22,23)(H2,19,20,21)(H3,12,14,15,18)/p-1/t5?,6-,9-,11-/m1/s1. The number of imidazole rings is 1. The first kappa shape index (κ1) is 20.6. The first-order valence-electron chi connectivity index (χ1n) is 7.83. The molecular formula is C11H14N5O11P2-. The minimum absolute atomic E-state index is 0.0411. The SMILES string of the molecule is Nc1nc2c(ncn2[C@@H]2O[C@@]3(COP(=O)(O)OP(=O)([O-])O)COC2[C@H]3O)c(=O)[nH]1. The molecule has 2 aromatic heterocycles. The van der Waals surface area contributed by atoms with Crippen LogP contribution in [0.15, 0.2) is 11.1 Å². The number of H-pyrrole nitrogens is 1. The first-order chi connectivity index (χ1) is 13.4. The largest absolute Gasteiger partial charge is 0.756 e. The fourth-order valence-electron chi connectivity index (χ4n) is 3.21. The molecule has 2 aliphatic heterocycles. The molecule has 2 bridgehead atoms. The molecule has 4 heterocycles. The molecule has 3 unspecified atom stereocenters. The molecule has 0 aliphatic carbocycles. The number of nitrogen functional groups attached to an aromatic ring is 1. The lowest BCUT2D eigenvalue weighted by Crippen LogP contribution is -2.44. The van der Waals surface area contributed by atoms with E-state index in [1.165, 1.54) is 10.9 Å². The fourth-order valence-corrected chi connectivity index (χ4v) is 4.83. The van der Waals surface area contributed by atoms with Crippen molar-refractivity contribution in [3.05, 3.63) is 16.7 Å². The summed E-state index contributed by atoms with van der Waals surface area (Å²) in [6.07, 6.45) is -2.23. The van der Waals surface area contributed by atoms with Gasteiger partial charge in [-0.1, -0.05) is 0 Å². The van der Waals surface area contributed by atoms with Gasteiger partial charge in [0.15, 0.2) is 17.4 Å². The minimum atomic E-state index is -5.56. The molecule has 160 valence electrons. The summed E-state index contributed by atoms with van der Waals surface area (Å²) in [4.78, 5) is 50.7.